The molecule has 0 saturated heterocycles. The molecule has 0 aliphatic heterocycles. The molecule has 0 bridgehead atoms. The van der Waals surface area contributed by atoms with Crippen LogP contribution in [0.5, 0.6) is 5.75 Å². The van der Waals surface area contributed by atoms with Crippen molar-refractivity contribution < 1.29 is 14.6 Å². The van der Waals surface area contributed by atoms with Crippen molar-refractivity contribution in [3.8, 4) is 5.75 Å². The van der Waals surface area contributed by atoms with Crippen molar-refractivity contribution >= 4 is 23.3 Å². The Morgan fingerprint density at radius 2 is 1.97 bits per heavy atom. The van der Waals surface area contributed by atoms with Crippen molar-refractivity contribution in [2.75, 3.05) is 12.5 Å². The molecule has 1 fully saturated rings. The zero-order valence-electron chi connectivity index (χ0n) is 20.4. The molecule has 2 aromatic rings. The molecule has 1 saturated carbocycles. The molecule has 0 radical (unpaired) electrons. The van der Waals surface area contributed by atoms with Gasteiger partial charge in [0.05, 0.1) is 23.0 Å². The predicted molar refractivity (Wildman–Crippen MR) is 135 cm³/mol. The van der Waals surface area contributed by atoms with Crippen LogP contribution in [0.3, 0.4) is 0 Å². The molecule has 186 valence electrons. The zero-order chi connectivity index (χ0) is 25.2. The minimum absolute atomic E-state index is 0.140. The van der Waals surface area contributed by atoms with E-state index >= 15 is 0 Å². The summed E-state index contributed by atoms with van der Waals surface area (Å²) in [6, 6.07) is 10.0. The van der Waals surface area contributed by atoms with Gasteiger partial charge in [-0.25, -0.2) is 0 Å². The Kier molecular flexibility index (Phi) is 7.05. The number of benzene rings is 2. The van der Waals surface area contributed by atoms with E-state index in [0.717, 1.165) is 50.3 Å². The number of fused-ring (bicyclic) bond motifs is 3. The second kappa shape index (κ2) is 10.0. The lowest BCUT2D eigenvalue weighted by molar-refractivity contribution is -0.393. The van der Waals surface area contributed by atoms with Gasteiger partial charge in [-0.1, -0.05) is 26.3 Å². The normalized spacial score (nSPS) is 25.5. The molecule has 0 aromatic heterocycles. The van der Waals surface area contributed by atoms with E-state index in [-0.39, 0.29) is 22.5 Å². The van der Waals surface area contributed by atoms with Crippen LogP contribution in [-0.2, 0) is 6.42 Å². The van der Waals surface area contributed by atoms with E-state index in [0.29, 0.717) is 17.8 Å². The lowest BCUT2D eigenvalue weighted by Gasteiger charge is -2.50. The van der Waals surface area contributed by atoms with E-state index in [4.69, 9.17) is 4.74 Å². The molecule has 9 nitrogen and oxygen atoms in total. The number of rotatable bonds is 8. The fourth-order valence-electron chi connectivity index (χ4n) is 6.18. The Morgan fingerprint density at radius 1 is 1.17 bits per heavy atom. The van der Waals surface area contributed by atoms with Gasteiger partial charge in [-0.3, -0.25) is 25.7 Å². The first kappa shape index (κ1) is 24.6. The third kappa shape index (κ3) is 4.85. The summed E-state index contributed by atoms with van der Waals surface area (Å²) in [5, 5.41) is 26.9. The van der Waals surface area contributed by atoms with Crippen LogP contribution in [0.1, 0.15) is 63.0 Å². The van der Waals surface area contributed by atoms with Crippen molar-refractivity contribution in [2.45, 2.75) is 58.3 Å². The molecule has 2 aliphatic carbocycles. The number of nitrogens with zero attached hydrogens (tertiary/aromatic N) is 3. The van der Waals surface area contributed by atoms with Gasteiger partial charge in [0, 0.05) is 17.7 Å². The van der Waals surface area contributed by atoms with E-state index in [1.807, 2.05) is 6.21 Å². The van der Waals surface area contributed by atoms with Crippen LogP contribution in [0, 0.1) is 37.5 Å². The van der Waals surface area contributed by atoms with E-state index in [9.17, 15) is 20.2 Å². The number of nitro groups is 2. The summed E-state index contributed by atoms with van der Waals surface area (Å²) in [4.78, 5) is 21.2. The maximum absolute atomic E-state index is 11.4. The standard InChI is InChI=1S/C26H32N4O5/c1-4-5-23-22-9-6-17-14-19(35-3)8-10-20(17)21(22)12-13-26(23,2)16-27-28-24-11-7-18(29(31)32)15-25(24)30(33)34/h7-8,10-11,14-16,21-23,28H,4-6,9,12-13H2,1-3H3/b27-16+/t21-,22-,23+,26-/m1/s1. The lowest BCUT2D eigenvalue weighted by atomic mass is 9.54. The zero-order valence-corrected chi connectivity index (χ0v) is 20.4. The second-order valence-electron chi connectivity index (χ2n) is 9.90. The summed E-state index contributed by atoms with van der Waals surface area (Å²) >= 11 is 0. The highest BCUT2D eigenvalue weighted by atomic mass is 16.6. The summed E-state index contributed by atoms with van der Waals surface area (Å²) in [6.45, 7) is 4.45. The molecule has 1 N–H and O–H groups in total. The molecular formula is C26H32N4O5. The highest BCUT2D eigenvalue weighted by Crippen LogP contribution is 2.55. The van der Waals surface area contributed by atoms with Gasteiger partial charge in [0.1, 0.15) is 11.4 Å². The SMILES string of the molecule is CCC[C@H]1[C@@H]2CCc3cc(OC)ccc3[C@H]2CC[C@]1(C)/C=N/Nc1ccc([N+](=O)[O-])cc1[N+](=O)[O-]. The maximum Gasteiger partial charge on any atom is 0.301 e. The van der Waals surface area contributed by atoms with Crippen molar-refractivity contribution in [3.63, 3.8) is 0 Å². The third-order valence-corrected chi connectivity index (χ3v) is 7.90. The number of anilines is 1. The van der Waals surface area contributed by atoms with Crippen LogP contribution in [0.25, 0.3) is 0 Å². The first-order valence-electron chi connectivity index (χ1n) is 12.2. The number of hydrogen-bond acceptors (Lipinski definition) is 7. The van der Waals surface area contributed by atoms with Gasteiger partial charge < -0.3 is 4.74 Å². The van der Waals surface area contributed by atoms with Gasteiger partial charge in [-0.15, -0.1) is 0 Å². The molecule has 4 atom stereocenters. The lowest BCUT2D eigenvalue weighted by Crippen LogP contribution is -2.43. The largest absolute Gasteiger partial charge is 0.497 e. The number of ether oxygens (including phenoxy) is 1. The average molecular weight is 481 g/mol. The maximum atomic E-state index is 11.4. The fraction of sp³-hybridized carbons (Fsp3) is 0.500. The smallest absolute Gasteiger partial charge is 0.301 e. The highest BCUT2D eigenvalue weighted by Gasteiger charge is 2.47. The van der Waals surface area contributed by atoms with Gasteiger partial charge in [0.25, 0.3) is 5.69 Å². The van der Waals surface area contributed by atoms with Crippen LogP contribution in [0.15, 0.2) is 41.5 Å². The first-order valence-corrected chi connectivity index (χ1v) is 12.2. The topological polar surface area (TPSA) is 120 Å². The van der Waals surface area contributed by atoms with Gasteiger partial charge in [0.2, 0.25) is 0 Å². The Bertz CT molecular complexity index is 1150. The van der Waals surface area contributed by atoms with Crippen molar-refractivity contribution in [1.82, 2.24) is 0 Å². The minimum Gasteiger partial charge on any atom is -0.497 e. The summed E-state index contributed by atoms with van der Waals surface area (Å²) in [7, 11) is 1.70. The van der Waals surface area contributed by atoms with E-state index < -0.39 is 9.85 Å². The van der Waals surface area contributed by atoms with E-state index in [2.05, 4.69) is 42.6 Å². The molecular weight excluding hydrogens is 448 g/mol. The summed E-state index contributed by atoms with van der Waals surface area (Å²) in [5.41, 5.74) is 4.93. The molecule has 4 rings (SSSR count). The van der Waals surface area contributed by atoms with Crippen molar-refractivity contribution in [2.24, 2.45) is 22.4 Å². The molecule has 2 aromatic carbocycles. The van der Waals surface area contributed by atoms with Crippen LogP contribution in [0.4, 0.5) is 17.1 Å². The Labute approximate surface area is 204 Å². The monoisotopic (exact) mass is 480 g/mol. The Balaban J connectivity index is 1.56. The second-order valence-corrected chi connectivity index (χ2v) is 9.90. The Morgan fingerprint density at radius 3 is 2.66 bits per heavy atom. The molecule has 0 heterocycles. The number of nitrogens with one attached hydrogen (secondary N) is 1. The third-order valence-electron chi connectivity index (χ3n) is 7.90. The molecule has 0 amide bonds. The Hall–Kier alpha value is -3.49. The average Bonchev–Trinajstić information content (AvgIpc) is 2.85. The number of methoxy groups -OCH3 is 1. The number of nitro benzene ring substituents is 2. The summed E-state index contributed by atoms with van der Waals surface area (Å²) in [5.74, 6) is 2.42. The van der Waals surface area contributed by atoms with Crippen LogP contribution < -0.4 is 10.2 Å². The van der Waals surface area contributed by atoms with Crippen LogP contribution in [0.2, 0.25) is 0 Å². The van der Waals surface area contributed by atoms with Gasteiger partial charge in [0.15, 0.2) is 0 Å². The fourth-order valence-corrected chi connectivity index (χ4v) is 6.18. The van der Waals surface area contributed by atoms with Gasteiger partial charge in [-0.05, 0) is 79.2 Å². The summed E-state index contributed by atoms with van der Waals surface area (Å²) < 4.78 is 5.43. The number of non-ortho nitro benzene ring substituents is 1. The minimum atomic E-state index is -0.646. The predicted octanol–water partition coefficient (Wildman–Crippen LogP) is 6.47. The number of hydrazone groups is 1. The molecule has 0 spiro atoms. The van der Waals surface area contributed by atoms with Gasteiger partial charge in [-0.2, -0.15) is 5.10 Å². The van der Waals surface area contributed by atoms with Crippen LogP contribution in [-0.4, -0.2) is 23.2 Å². The highest BCUT2D eigenvalue weighted by molar-refractivity contribution is 5.70. The number of aryl methyl sites for hydroxylation is 1. The molecule has 2 aliphatic rings. The quantitative estimate of drug-likeness (QED) is 0.262. The van der Waals surface area contributed by atoms with E-state index in [1.165, 1.54) is 23.3 Å². The molecule has 9 heteroatoms. The van der Waals surface area contributed by atoms with E-state index in [1.54, 1.807) is 7.11 Å². The van der Waals surface area contributed by atoms with Crippen LogP contribution >= 0.6 is 0 Å². The van der Waals surface area contributed by atoms with Crippen molar-refractivity contribution in [3.05, 3.63) is 67.8 Å². The van der Waals surface area contributed by atoms with Gasteiger partial charge >= 0.3 is 5.69 Å². The first-order chi connectivity index (χ1) is 16.8. The molecule has 35 heavy (non-hydrogen) atoms. The molecule has 0 unspecified atom stereocenters. The number of hydrogen-bond donors (Lipinski definition) is 1. The van der Waals surface area contributed by atoms with Crippen molar-refractivity contribution in [1.29, 1.82) is 0 Å². The summed E-state index contributed by atoms with van der Waals surface area (Å²) in [6.07, 6.45) is 8.27.